The summed E-state index contributed by atoms with van der Waals surface area (Å²) in [6, 6.07) is 3.26. The van der Waals surface area contributed by atoms with E-state index in [0.717, 1.165) is 16.7 Å². The number of nitrogens with zero attached hydrogens (tertiary/aromatic N) is 1. The number of hydrogen-bond acceptors (Lipinski definition) is 7. The summed E-state index contributed by atoms with van der Waals surface area (Å²) < 4.78 is 15.5. The van der Waals surface area contributed by atoms with Crippen molar-refractivity contribution in [3.8, 4) is 11.5 Å². The van der Waals surface area contributed by atoms with E-state index in [0.29, 0.717) is 28.7 Å². The number of ether oxygens (including phenoxy) is 3. The van der Waals surface area contributed by atoms with E-state index >= 15 is 0 Å². The number of methoxy groups -OCH3 is 1. The van der Waals surface area contributed by atoms with E-state index in [1.165, 1.54) is 13.2 Å². The van der Waals surface area contributed by atoms with Crippen molar-refractivity contribution in [1.29, 1.82) is 0 Å². The highest BCUT2D eigenvalue weighted by Crippen LogP contribution is 2.38. The number of hydrogen-bond donors (Lipinski definition) is 0. The molecule has 26 heavy (non-hydrogen) atoms. The average molecular weight is 400 g/mol. The topological polar surface area (TPSA) is 82.1 Å². The van der Waals surface area contributed by atoms with Gasteiger partial charge in [0.05, 0.1) is 30.3 Å². The predicted molar refractivity (Wildman–Crippen MR) is 98.5 cm³/mol. The molecule has 0 aliphatic carbocycles. The highest BCUT2D eigenvalue weighted by Gasteiger charge is 2.36. The molecule has 1 aliphatic rings. The number of amides is 2. The van der Waals surface area contributed by atoms with Crippen molar-refractivity contribution in [3.05, 3.63) is 27.6 Å². The molecular formula is C17H18ClNO6S. The van der Waals surface area contributed by atoms with Crippen molar-refractivity contribution in [2.24, 2.45) is 0 Å². The Morgan fingerprint density at radius 3 is 2.62 bits per heavy atom. The monoisotopic (exact) mass is 399 g/mol. The smallest absolute Gasteiger partial charge is 0.326 e. The molecule has 9 heteroatoms. The second kappa shape index (κ2) is 8.95. The Labute approximate surface area is 160 Å². The number of thioether (sulfide) groups is 1. The molecule has 140 valence electrons. The minimum atomic E-state index is -0.637. The first-order valence-corrected chi connectivity index (χ1v) is 9.02. The lowest BCUT2D eigenvalue weighted by Gasteiger charge is -2.12. The molecule has 0 saturated carbocycles. The highest BCUT2D eigenvalue weighted by atomic mass is 35.5. The molecular weight excluding hydrogens is 382 g/mol. The maximum absolute atomic E-state index is 12.4. The average Bonchev–Trinajstić information content (AvgIpc) is 2.83. The normalized spacial score (nSPS) is 15.5. The SMILES string of the molecule is CCOC(=O)CN1C(=O)S/C(=C\c2cc(Cl)c(OC)c(OCC)c2)C1=O. The molecule has 0 unspecified atom stereocenters. The summed E-state index contributed by atoms with van der Waals surface area (Å²) in [7, 11) is 1.48. The van der Waals surface area contributed by atoms with Gasteiger partial charge in [0, 0.05) is 0 Å². The molecule has 1 fully saturated rings. The fourth-order valence-electron chi connectivity index (χ4n) is 2.26. The van der Waals surface area contributed by atoms with Gasteiger partial charge in [-0.1, -0.05) is 11.6 Å². The summed E-state index contributed by atoms with van der Waals surface area (Å²) >= 11 is 6.94. The Bertz CT molecular complexity index is 764. The minimum Gasteiger partial charge on any atom is -0.491 e. The molecule has 0 bridgehead atoms. The lowest BCUT2D eigenvalue weighted by Crippen LogP contribution is -2.34. The molecule has 1 saturated heterocycles. The first kappa shape index (κ1) is 20.1. The number of imide groups is 1. The molecule has 1 aromatic carbocycles. The van der Waals surface area contributed by atoms with Gasteiger partial charge in [-0.3, -0.25) is 19.3 Å². The van der Waals surface area contributed by atoms with E-state index in [2.05, 4.69) is 0 Å². The standard InChI is InChI=1S/C17H18ClNO6S/c1-4-24-12-7-10(6-11(18)15(12)23-3)8-13-16(21)19(17(22)26-13)9-14(20)25-5-2/h6-8H,4-5,9H2,1-3H3/b13-8-. The zero-order valence-electron chi connectivity index (χ0n) is 14.5. The van der Waals surface area contributed by atoms with Crippen LogP contribution in [0, 0.1) is 0 Å². The summed E-state index contributed by atoms with van der Waals surface area (Å²) in [4.78, 5) is 37.0. The van der Waals surface area contributed by atoms with Crippen LogP contribution in [0.1, 0.15) is 19.4 Å². The Balaban J connectivity index is 2.28. The zero-order valence-corrected chi connectivity index (χ0v) is 16.1. The molecule has 0 N–H and O–H groups in total. The Hall–Kier alpha value is -2.19. The van der Waals surface area contributed by atoms with Crippen LogP contribution in [0.25, 0.3) is 6.08 Å². The van der Waals surface area contributed by atoms with Gasteiger partial charge in [0.15, 0.2) is 11.5 Å². The Kier molecular flexibility index (Phi) is 6.93. The van der Waals surface area contributed by atoms with Crippen molar-refractivity contribution >= 4 is 46.6 Å². The van der Waals surface area contributed by atoms with Crippen LogP contribution in [0.5, 0.6) is 11.5 Å². The van der Waals surface area contributed by atoms with E-state index in [-0.39, 0.29) is 11.5 Å². The van der Waals surface area contributed by atoms with Crippen molar-refractivity contribution < 1.29 is 28.6 Å². The van der Waals surface area contributed by atoms with E-state index in [9.17, 15) is 14.4 Å². The van der Waals surface area contributed by atoms with Crippen LogP contribution in [-0.4, -0.2) is 48.9 Å². The van der Waals surface area contributed by atoms with Gasteiger partial charge in [-0.15, -0.1) is 0 Å². The fraction of sp³-hybridized carbons (Fsp3) is 0.353. The van der Waals surface area contributed by atoms with Gasteiger partial charge in [0.2, 0.25) is 0 Å². The van der Waals surface area contributed by atoms with Crippen LogP contribution in [0.3, 0.4) is 0 Å². The van der Waals surface area contributed by atoms with Crippen LogP contribution >= 0.6 is 23.4 Å². The maximum atomic E-state index is 12.4. The second-order valence-corrected chi connectivity index (χ2v) is 6.44. The van der Waals surface area contributed by atoms with Gasteiger partial charge in [0.25, 0.3) is 11.1 Å². The number of carbonyl (C=O) groups is 3. The number of carbonyl (C=O) groups excluding carboxylic acids is 3. The summed E-state index contributed by atoms with van der Waals surface area (Å²) in [6.07, 6.45) is 1.52. The van der Waals surface area contributed by atoms with Gasteiger partial charge in [-0.2, -0.15) is 0 Å². The van der Waals surface area contributed by atoms with E-state index < -0.39 is 23.7 Å². The molecule has 1 aromatic rings. The Morgan fingerprint density at radius 1 is 1.27 bits per heavy atom. The first-order chi connectivity index (χ1) is 12.4. The van der Waals surface area contributed by atoms with E-state index in [1.807, 2.05) is 6.92 Å². The van der Waals surface area contributed by atoms with Gasteiger partial charge in [0.1, 0.15) is 6.54 Å². The van der Waals surface area contributed by atoms with Gasteiger partial charge in [-0.05, 0) is 49.4 Å². The van der Waals surface area contributed by atoms with Crippen LogP contribution in [0.15, 0.2) is 17.0 Å². The number of halogens is 1. The minimum absolute atomic E-state index is 0.176. The van der Waals surface area contributed by atoms with Crippen molar-refractivity contribution in [3.63, 3.8) is 0 Å². The molecule has 2 amide bonds. The quantitative estimate of drug-likeness (QED) is 0.513. The fourth-order valence-corrected chi connectivity index (χ4v) is 3.39. The van der Waals surface area contributed by atoms with Crippen LogP contribution < -0.4 is 9.47 Å². The van der Waals surface area contributed by atoms with Gasteiger partial charge in [-0.25, -0.2) is 0 Å². The number of benzene rings is 1. The van der Waals surface area contributed by atoms with Crippen LogP contribution in [-0.2, 0) is 14.3 Å². The van der Waals surface area contributed by atoms with Gasteiger partial charge >= 0.3 is 5.97 Å². The molecule has 0 atom stereocenters. The number of esters is 1. The van der Waals surface area contributed by atoms with E-state index in [4.69, 9.17) is 25.8 Å². The molecule has 0 spiro atoms. The maximum Gasteiger partial charge on any atom is 0.326 e. The first-order valence-electron chi connectivity index (χ1n) is 7.82. The second-order valence-electron chi connectivity index (χ2n) is 5.04. The third-order valence-corrected chi connectivity index (χ3v) is 4.49. The molecule has 0 radical (unpaired) electrons. The van der Waals surface area contributed by atoms with Gasteiger partial charge < -0.3 is 14.2 Å². The summed E-state index contributed by atoms with van der Waals surface area (Å²) in [5, 5.41) is -0.214. The highest BCUT2D eigenvalue weighted by molar-refractivity contribution is 8.18. The lowest BCUT2D eigenvalue weighted by molar-refractivity contribution is -0.145. The molecule has 1 aliphatic heterocycles. The summed E-state index contributed by atoms with van der Waals surface area (Å²) in [5.74, 6) is -0.374. The third-order valence-electron chi connectivity index (χ3n) is 3.30. The molecule has 7 nitrogen and oxygen atoms in total. The molecule has 1 heterocycles. The summed E-state index contributed by atoms with van der Waals surface area (Å²) in [6.45, 7) is 3.64. The van der Waals surface area contributed by atoms with Crippen molar-refractivity contribution in [2.45, 2.75) is 13.8 Å². The lowest BCUT2D eigenvalue weighted by atomic mass is 10.1. The van der Waals surface area contributed by atoms with E-state index in [1.54, 1.807) is 19.1 Å². The van der Waals surface area contributed by atoms with Crippen molar-refractivity contribution in [2.75, 3.05) is 26.9 Å². The zero-order chi connectivity index (χ0) is 19.3. The number of rotatable bonds is 7. The van der Waals surface area contributed by atoms with Crippen LogP contribution in [0.2, 0.25) is 5.02 Å². The largest absolute Gasteiger partial charge is 0.491 e. The molecule has 0 aromatic heterocycles. The third kappa shape index (κ3) is 4.50. The Morgan fingerprint density at radius 2 is 2.00 bits per heavy atom. The summed E-state index contributed by atoms with van der Waals surface area (Å²) in [5.41, 5.74) is 0.570. The predicted octanol–water partition coefficient (Wildman–Crippen LogP) is 3.35. The molecule has 2 rings (SSSR count). The van der Waals surface area contributed by atoms with Crippen molar-refractivity contribution in [1.82, 2.24) is 4.90 Å². The van der Waals surface area contributed by atoms with Crippen LogP contribution in [0.4, 0.5) is 4.79 Å².